The van der Waals surface area contributed by atoms with Crippen molar-refractivity contribution in [3.05, 3.63) is 39.9 Å². The van der Waals surface area contributed by atoms with Gasteiger partial charge in [-0.1, -0.05) is 0 Å². The molecule has 0 radical (unpaired) electrons. The number of aliphatic hydroxyl groups excluding tert-OH is 1. The van der Waals surface area contributed by atoms with E-state index in [2.05, 4.69) is 5.32 Å². The maximum absolute atomic E-state index is 11.9. The summed E-state index contributed by atoms with van der Waals surface area (Å²) in [6.07, 6.45) is -1.35. The number of aliphatic hydroxyl groups is 1. The Labute approximate surface area is 143 Å². The van der Waals surface area contributed by atoms with E-state index < -0.39 is 41.2 Å². The normalized spacial score (nSPS) is 20.2. The van der Waals surface area contributed by atoms with E-state index in [-0.39, 0.29) is 24.6 Å². The summed E-state index contributed by atoms with van der Waals surface area (Å²) < 4.78 is 4.96. The number of rotatable bonds is 8. The number of hydrogen-bond donors (Lipinski definition) is 2. The van der Waals surface area contributed by atoms with Crippen LogP contribution in [0.15, 0.2) is 24.3 Å². The highest BCUT2D eigenvalue weighted by atomic mass is 16.6. The number of nitrogens with zero attached hydrogens (tertiary/aromatic N) is 1. The average molecular weight is 350 g/mol. The number of non-ortho nitro benzene ring substituents is 1. The van der Waals surface area contributed by atoms with E-state index in [0.29, 0.717) is 5.56 Å². The molecule has 1 unspecified atom stereocenters. The highest BCUT2D eigenvalue weighted by Crippen LogP contribution is 2.22. The summed E-state index contributed by atoms with van der Waals surface area (Å²) in [6.45, 7) is 1.37. The van der Waals surface area contributed by atoms with Crippen LogP contribution >= 0.6 is 0 Å². The smallest absolute Gasteiger partial charge is 0.313 e. The lowest BCUT2D eigenvalue weighted by Crippen LogP contribution is -2.62. The number of amides is 1. The third-order valence-corrected chi connectivity index (χ3v) is 3.92. The molecule has 134 valence electrons. The molecule has 1 heterocycles. The fourth-order valence-electron chi connectivity index (χ4n) is 2.60. The Morgan fingerprint density at radius 1 is 1.36 bits per heavy atom. The molecule has 0 bridgehead atoms. The first-order valence-corrected chi connectivity index (χ1v) is 7.67. The predicted molar refractivity (Wildman–Crippen MR) is 84.2 cm³/mol. The first-order valence-electron chi connectivity index (χ1n) is 7.67. The van der Waals surface area contributed by atoms with E-state index in [1.165, 1.54) is 31.2 Å². The van der Waals surface area contributed by atoms with Gasteiger partial charge < -0.3 is 15.2 Å². The van der Waals surface area contributed by atoms with Crippen molar-refractivity contribution in [2.24, 2.45) is 5.92 Å². The monoisotopic (exact) mass is 350 g/mol. The van der Waals surface area contributed by atoms with Crippen molar-refractivity contribution >= 4 is 23.3 Å². The van der Waals surface area contributed by atoms with E-state index in [9.17, 15) is 29.6 Å². The van der Waals surface area contributed by atoms with Crippen LogP contribution in [-0.2, 0) is 25.7 Å². The molecule has 1 amide bonds. The summed E-state index contributed by atoms with van der Waals surface area (Å²) in [5.41, 5.74) is 0.493. The number of hydrogen-bond acceptors (Lipinski definition) is 7. The summed E-state index contributed by atoms with van der Waals surface area (Å²) in [7, 11) is 0. The lowest BCUT2D eigenvalue weighted by molar-refractivity contribution is -0.384. The Hall–Kier alpha value is -2.81. The third kappa shape index (κ3) is 4.83. The Kier molecular flexibility index (Phi) is 5.81. The fourth-order valence-corrected chi connectivity index (χ4v) is 2.60. The Morgan fingerprint density at radius 3 is 2.52 bits per heavy atom. The summed E-state index contributed by atoms with van der Waals surface area (Å²) in [5, 5.41) is 22.5. The third-order valence-electron chi connectivity index (χ3n) is 3.92. The van der Waals surface area contributed by atoms with Crippen molar-refractivity contribution in [1.29, 1.82) is 0 Å². The number of nitro groups is 1. The minimum atomic E-state index is -0.861. The molecule has 1 aromatic rings. The van der Waals surface area contributed by atoms with Crippen LogP contribution in [0.25, 0.3) is 0 Å². The number of carbonyl (C=O) groups excluding carboxylic acids is 3. The number of Topliss-reactive ketones (excluding diaryl/α,β-unsaturated/α-hetero) is 1. The van der Waals surface area contributed by atoms with E-state index >= 15 is 0 Å². The lowest BCUT2D eigenvalue weighted by Gasteiger charge is -2.38. The molecule has 25 heavy (non-hydrogen) atoms. The highest BCUT2D eigenvalue weighted by Gasteiger charge is 2.43. The van der Waals surface area contributed by atoms with Gasteiger partial charge in [-0.05, 0) is 24.6 Å². The second-order valence-electron chi connectivity index (χ2n) is 5.89. The van der Waals surface area contributed by atoms with Gasteiger partial charge in [-0.25, -0.2) is 0 Å². The SMILES string of the molecule is CC(O)[C@@H]1C(=O)N[C@@H]1CC(=O)CC(=O)OCc1ccc([N+](=O)[O-])cc1. The first kappa shape index (κ1) is 18.5. The average Bonchev–Trinajstić information content (AvgIpc) is 2.51. The van der Waals surface area contributed by atoms with Gasteiger partial charge in [0.05, 0.1) is 16.9 Å². The van der Waals surface area contributed by atoms with Crippen LogP contribution < -0.4 is 5.32 Å². The molecule has 1 saturated heterocycles. The van der Waals surface area contributed by atoms with Gasteiger partial charge in [-0.3, -0.25) is 24.5 Å². The molecule has 1 aliphatic heterocycles. The highest BCUT2D eigenvalue weighted by molar-refractivity contribution is 5.97. The zero-order chi connectivity index (χ0) is 18.6. The van der Waals surface area contributed by atoms with Crippen LogP contribution in [0.5, 0.6) is 0 Å². The molecule has 0 saturated carbocycles. The second kappa shape index (κ2) is 7.84. The molecule has 9 heteroatoms. The molecule has 0 aromatic heterocycles. The van der Waals surface area contributed by atoms with Gasteiger partial charge in [0.15, 0.2) is 0 Å². The summed E-state index contributed by atoms with van der Waals surface area (Å²) in [5.74, 6) is -2.07. The Morgan fingerprint density at radius 2 is 2.00 bits per heavy atom. The van der Waals surface area contributed by atoms with E-state index in [1.807, 2.05) is 0 Å². The van der Waals surface area contributed by atoms with Crippen LogP contribution in [-0.4, -0.2) is 39.8 Å². The van der Waals surface area contributed by atoms with Crippen LogP contribution in [0, 0.1) is 16.0 Å². The van der Waals surface area contributed by atoms with Crippen LogP contribution in [0.2, 0.25) is 0 Å². The van der Waals surface area contributed by atoms with Crippen molar-refractivity contribution in [3.63, 3.8) is 0 Å². The van der Waals surface area contributed by atoms with Crippen molar-refractivity contribution in [2.45, 2.75) is 38.5 Å². The number of nitrogens with one attached hydrogen (secondary N) is 1. The van der Waals surface area contributed by atoms with Gasteiger partial charge in [0.25, 0.3) is 5.69 Å². The quantitative estimate of drug-likeness (QED) is 0.229. The molecular formula is C16H18N2O7. The number of esters is 1. The maximum atomic E-state index is 11.9. The Balaban J connectivity index is 1.75. The van der Waals surface area contributed by atoms with Crippen LogP contribution in [0.4, 0.5) is 5.69 Å². The summed E-state index contributed by atoms with van der Waals surface area (Å²) in [4.78, 5) is 44.8. The maximum Gasteiger partial charge on any atom is 0.313 e. The standard InChI is InChI=1S/C16H18N2O7/c1-9(19)15-13(17-16(15)22)6-12(20)7-14(21)25-8-10-2-4-11(5-3-10)18(23)24/h2-5,9,13,15,19H,6-8H2,1H3,(H,17,22)/t9?,13-,15+/m1/s1. The van der Waals surface area contributed by atoms with Gasteiger partial charge in [0.2, 0.25) is 5.91 Å². The Bertz CT molecular complexity index is 684. The number of ketones is 1. The minimum Gasteiger partial charge on any atom is -0.460 e. The largest absolute Gasteiger partial charge is 0.460 e. The number of benzene rings is 1. The molecule has 1 fully saturated rings. The molecule has 0 aliphatic carbocycles. The van der Waals surface area contributed by atoms with Crippen LogP contribution in [0.1, 0.15) is 25.3 Å². The second-order valence-corrected chi connectivity index (χ2v) is 5.89. The predicted octanol–water partition coefficient (Wildman–Crippen LogP) is 0.483. The molecule has 1 aliphatic rings. The van der Waals surface area contributed by atoms with Gasteiger partial charge in [-0.2, -0.15) is 0 Å². The zero-order valence-corrected chi connectivity index (χ0v) is 13.5. The fraction of sp³-hybridized carbons (Fsp3) is 0.438. The van der Waals surface area contributed by atoms with Crippen molar-refractivity contribution in [2.75, 3.05) is 0 Å². The number of carbonyl (C=O) groups is 3. The van der Waals surface area contributed by atoms with Gasteiger partial charge in [-0.15, -0.1) is 0 Å². The minimum absolute atomic E-state index is 0.0477. The zero-order valence-electron chi connectivity index (χ0n) is 13.5. The van der Waals surface area contributed by atoms with Crippen molar-refractivity contribution in [3.8, 4) is 0 Å². The number of ether oxygens (including phenoxy) is 1. The molecule has 9 nitrogen and oxygen atoms in total. The lowest BCUT2D eigenvalue weighted by atomic mass is 9.83. The van der Waals surface area contributed by atoms with E-state index in [0.717, 1.165) is 0 Å². The van der Waals surface area contributed by atoms with Gasteiger partial charge in [0, 0.05) is 24.6 Å². The van der Waals surface area contributed by atoms with E-state index in [1.54, 1.807) is 0 Å². The number of β-lactam (4-membered cyclic amide) rings is 1. The molecule has 2 rings (SSSR count). The van der Waals surface area contributed by atoms with Crippen molar-refractivity contribution < 1.29 is 29.2 Å². The van der Waals surface area contributed by atoms with Crippen LogP contribution in [0.3, 0.4) is 0 Å². The van der Waals surface area contributed by atoms with Gasteiger partial charge >= 0.3 is 5.97 Å². The molecule has 2 N–H and O–H groups in total. The molecular weight excluding hydrogens is 332 g/mol. The molecule has 3 atom stereocenters. The topological polar surface area (TPSA) is 136 Å². The van der Waals surface area contributed by atoms with Crippen molar-refractivity contribution in [1.82, 2.24) is 5.32 Å². The first-order chi connectivity index (χ1) is 11.8. The number of nitro benzene ring substituents is 1. The molecule has 1 aromatic carbocycles. The summed E-state index contributed by atoms with van der Waals surface area (Å²) in [6, 6.07) is 5.05. The molecule has 0 spiro atoms. The summed E-state index contributed by atoms with van der Waals surface area (Å²) >= 11 is 0. The van der Waals surface area contributed by atoms with E-state index in [4.69, 9.17) is 4.74 Å². The van der Waals surface area contributed by atoms with Gasteiger partial charge in [0.1, 0.15) is 18.8 Å².